The lowest BCUT2D eigenvalue weighted by atomic mass is 10.2. The number of benzene rings is 1. The molecule has 0 radical (unpaired) electrons. The second-order valence-corrected chi connectivity index (χ2v) is 8.10. The predicted octanol–water partition coefficient (Wildman–Crippen LogP) is 4.94. The SMILES string of the molecule is CCOc1ccccc1Cn1cnc2scc(-c3ccc(C)s3)c2c1=O. The Morgan fingerprint density at radius 1 is 1.19 bits per heavy atom. The highest BCUT2D eigenvalue weighted by Gasteiger charge is 2.15. The number of aromatic nitrogens is 2. The van der Waals surface area contributed by atoms with Crippen LogP contribution in [-0.4, -0.2) is 16.2 Å². The van der Waals surface area contributed by atoms with Crippen LogP contribution in [0.3, 0.4) is 0 Å². The van der Waals surface area contributed by atoms with Crippen molar-refractivity contribution in [3.05, 3.63) is 68.9 Å². The first-order valence-electron chi connectivity index (χ1n) is 8.41. The molecule has 0 unspecified atom stereocenters. The first-order valence-corrected chi connectivity index (χ1v) is 10.1. The molecule has 0 amide bonds. The molecule has 1 aromatic carbocycles. The van der Waals surface area contributed by atoms with Crippen molar-refractivity contribution >= 4 is 32.9 Å². The van der Waals surface area contributed by atoms with Crippen LogP contribution in [0.2, 0.25) is 0 Å². The monoisotopic (exact) mass is 382 g/mol. The lowest BCUT2D eigenvalue weighted by Gasteiger charge is -2.11. The summed E-state index contributed by atoms with van der Waals surface area (Å²) in [6.45, 7) is 5.06. The minimum atomic E-state index is -0.0106. The maximum atomic E-state index is 13.2. The summed E-state index contributed by atoms with van der Waals surface area (Å²) in [5.74, 6) is 0.807. The molecule has 0 aliphatic carbocycles. The summed E-state index contributed by atoms with van der Waals surface area (Å²) in [5, 5.41) is 2.73. The van der Waals surface area contributed by atoms with E-state index in [1.165, 1.54) is 16.2 Å². The van der Waals surface area contributed by atoms with Gasteiger partial charge in [0, 0.05) is 26.3 Å². The number of nitrogens with zero attached hydrogens (tertiary/aromatic N) is 2. The van der Waals surface area contributed by atoms with Crippen LogP contribution in [-0.2, 0) is 6.54 Å². The third-order valence-electron chi connectivity index (χ3n) is 4.18. The van der Waals surface area contributed by atoms with Crippen molar-refractivity contribution in [2.45, 2.75) is 20.4 Å². The number of rotatable bonds is 5. The molecule has 4 rings (SSSR count). The van der Waals surface area contributed by atoms with Crippen molar-refractivity contribution in [2.75, 3.05) is 6.61 Å². The molecule has 0 N–H and O–H groups in total. The highest BCUT2D eigenvalue weighted by Crippen LogP contribution is 2.35. The molecule has 4 nitrogen and oxygen atoms in total. The van der Waals surface area contributed by atoms with Crippen LogP contribution in [0, 0.1) is 6.92 Å². The average molecular weight is 383 g/mol. The second-order valence-electron chi connectivity index (χ2n) is 5.96. The van der Waals surface area contributed by atoms with Crippen LogP contribution in [0.5, 0.6) is 5.75 Å². The number of ether oxygens (including phenoxy) is 1. The Hall–Kier alpha value is -2.44. The third kappa shape index (κ3) is 3.06. The van der Waals surface area contributed by atoms with Crippen molar-refractivity contribution in [3.8, 4) is 16.2 Å². The maximum absolute atomic E-state index is 13.2. The van der Waals surface area contributed by atoms with Gasteiger partial charge in [-0.3, -0.25) is 9.36 Å². The molecule has 6 heteroatoms. The van der Waals surface area contributed by atoms with E-state index < -0.39 is 0 Å². The van der Waals surface area contributed by atoms with Crippen LogP contribution < -0.4 is 10.3 Å². The van der Waals surface area contributed by atoms with E-state index in [-0.39, 0.29) is 5.56 Å². The van der Waals surface area contributed by atoms with Crippen LogP contribution in [0.1, 0.15) is 17.4 Å². The number of para-hydroxylation sites is 1. The number of hydrogen-bond donors (Lipinski definition) is 0. The number of hydrogen-bond acceptors (Lipinski definition) is 5. The summed E-state index contributed by atoms with van der Waals surface area (Å²) >= 11 is 3.21. The smallest absolute Gasteiger partial charge is 0.263 e. The largest absolute Gasteiger partial charge is 0.494 e. The van der Waals surface area contributed by atoms with Gasteiger partial charge in [0.2, 0.25) is 0 Å². The van der Waals surface area contributed by atoms with Gasteiger partial charge in [-0.2, -0.15) is 0 Å². The van der Waals surface area contributed by atoms with E-state index in [2.05, 4.69) is 24.0 Å². The van der Waals surface area contributed by atoms with Gasteiger partial charge in [0.05, 0.1) is 24.9 Å². The lowest BCUT2D eigenvalue weighted by Crippen LogP contribution is -2.21. The molecule has 0 saturated carbocycles. The van der Waals surface area contributed by atoms with Crippen LogP contribution >= 0.6 is 22.7 Å². The molecule has 0 atom stereocenters. The minimum absolute atomic E-state index is 0.0106. The quantitative estimate of drug-likeness (QED) is 0.491. The summed E-state index contributed by atoms with van der Waals surface area (Å²) in [6, 6.07) is 12.0. The molecule has 4 aromatic rings. The molecule has 132 valence electrons. The van der Waals surface area contributed by atoms with Crippen molar-refractivity contribution in [3.63, 3.8) is 0 Å². The molecule has 0 fully saturated rings. The normalized spacial score (nSPS) is 11.2. The van der Waals surface area contributed by atoms with Crippen molar-refractivity contribution in [2.24, 2.45) is 0 Å². The summed E-state index contributed by atoms with van der Waals surface area (Å²) in [5.41, 5.74) is 1.94. The standard InChI is InChI=1S/C20H18N2O2S2/c1-3-24-16-7-5-4-6-14(16)10-22-12-21-19-18(20(22)23)15(11-25-19)17-9-8-13(2)26-17/h4-9,11-12H,3,10H2,1-2H3. The van der Waals surface area contributed by atoms with Crippen molar-refractivity contribution in [1.29, 1.82) is 0 Å². The Morgan fingerprint density at radius 2 is 2.04 bits per heavy atom. The molecule has 0 spiro atoms. The van der Waals surface area contributed by atoms with Crippen LogP contribution in [0.4, 0.5) is 0 Å². The Labute approximate surface area is 159 Å². The van der Waals surface area contributed by atoms with E-state index in [0.717, 1.165) is 26.6 Å². The second kappa shape index (κ2) is 7.05. The van der Waals surface area contributed by atoms with Gasteiger partial charge in [-0.05, 0) is 32.0 Å². The van der Waals surface area contributed by atoms with E-state index in [1.54, 1.807) is 22.2 Å². The summed E-state index contributed by atoms with van der Waals surface area (Å²) in [7, 11) is 0. The summed E-state index contributed by atoms with van der Waals surface area (Å²) < 4.78 is 7.35. The molecule has 3 aromatic heterocycles. The van der Waals surface area contributed by atoms with Crippen molar-refractivity contribution in [1.82, 2.24) is 9.55 Å². The van der Waals surface area contributed by atoms with Gasteiger partial charge >= 0.3 is 0 Å². The molecule has 0 bridgehead atoms. The van der Waals surface area contributed by atoms with E-state index in [1.807, 2.05) is 36.6 Å². The Morgan fingerprint density at radius 3 is 2.81 bits per heavy atom. The van der Waals surface area contributed by atoms with Gasteiger partial charge < -0.3 is 4.74 Å². The van der Waals surface area contributed by atoms with E-state index in [4.69, 9.17) is 4.74 Å². The highest BCUT2D eigenvalue weighted by atomic mass is 32.1. The molecule has 0 aliphatic heterocycles. The fourth-order valence-corrected chi connectivity index (χ4v) is 4.82. The zero-order chi connectivity index (χ0) is 18.1. The first-order chi connectivity index (χ1) is 12.7. The molecule has 0 aliphatic rings. The zero-order valence-electron chi connectivity index (χ0n) is 14.6. The van der Waals surface area contributed by atoms with E-state index in [9.17, 15) is 4.79 Å². The number of aryl methyl sites for hydroxylation is 1. The number of fused-ring (bicyclic) bond motifs is 1. The zero-order valence-corrected chi connectivity index (χ0v) is 16.2. The third-order valence-corrected chi connectivity index (χ3v) is 6.10. The summed E-state index contributed by atoms with van der Waals surface area (Å²) in [4.78, 5) is 20.8. The molecule has 3 heterocycles. The minimum Gasteiger partial charge on any atom is -0.494 e. The van der Waals surface area contributed by atoms with Gasteiger partial charge in [-0.15, -0.1) is 22.7 Å². The van der Waals surface area contributed by atoms with E-state index >= 15 is 0 Å². The average Bonchev–Trinajstić information content (AvgIpc) is 3.25. The first kappa shape index (κ1) is 17.0. The fraction of sp³-hybridized carbons (Fsp3) is 0.200. The predicted molar refractivity (Wildman–Crippen MR) is 109 cm³/mol. The van der Waals surface area contributed by atoms with Gasteiger partial charge in [0.25, 0.3) is 5.56 Å². The molecule has 26 heavy (non-hydrogen) atoms. The Bertz CT molecular complexity index is 1120. The lowest BCUT2D eigenvalue weighted by molar-refractivity contribution is 0.335. The fourth-order valence-electron chi connectivity index (χ4n) is 2.96. The van der Waals surface area contributed by atoms with Gasteiger partial charge in [-0.1, -0.05) is 18.2 Å². The topological polar surface area (TPSA) is 44.1 Å². The van der Waals surface area contributed by atoms with Crippen molar-refractivity contribution < 1.29 is 4.74 Å². The Balaban J connectivity index is 1.80. The summed E-state index contributed by atoms with van der Waals surface area (Å²) in [6.07, 6.45) is 1.63. The van der Waals surface area contributed by atoms with Crippen LogP contribution in [0.25, 0.3) is 20.7 Å². The molecular formula is C20H18N2O2S2. The molecular weight excluding hydrogens is 364 g/mol. The Kier molecular flexibility index (Phi) is 4.61. The van der Waals surface area contributed by atoms with E-state index in [0.29, 0.717) is 18.5 Å². The molecule has 0 saturated heterocycles. The van der Waals surface area contributed by atoms with Gasteiger partial charge in [0.15, 0.2) is 0 Å². The number of thiophene rings is 2. The van der Waals surface area contributed by atoms with Crippen LogP contribution in [0.15, 0.2) is 52.9 Å². The van der Waals surface area contributed by atoms with Gasteiger partial charge in [-0.25, -0.2) is 4.98 Å². The van der Waals surface area contributed by atoms with Gasteiger partial charge in [0.1, 0.15) is 10.6 Å². The highest BCUT2D eigenvalue weighted by molar-refractivity contribution is 7.19. The maximum Gasteiger partial charge on any atom is 0.263 e.